The zero-order chi connectivity index (χ0) is 20.5. The molecule has 0 aliphatic carbocycles. The van der Waals surface area contributed by atoms with Gasteiger partial charge in [0.1, 0.15) is 11.3 Å². The molecule has 0 fully saturated rings. The number of benzene rings is 2. The molecule has 3 aromatic heterocycles. The fraction of sp³-hybridized carbons (Fsp3) is 0. The van der Waals surface area contributed by atoms with Gasteiger partial charge in [0, 0.05) is 11.1 Å². The third kappa shape index (κ3) is 3.63. The van der Waals surface area contributed by atoms with Gasteiger partial charge >= 0.3 is 0 Å². The lowest BCUT2D eigenvalue weighted by molar-refractivity contribution is 0.314. The van der Waals surface area contributed by atoms with E-state index in [2.05, 4.69) is 36.1 Å². The van der Waals surface area contributed by atoms with Gasteiger partial charge < -0.3 is 9.73 Å². The van der Waals surface area contributed by atoms with Crippen molar-refractivity contribution < 1.29 is 9.05 Å². The summed E-state index contributed by atoms with van der Waals surface area (Å²) in [6.45, 7) is 0. The van der Waals surface area contributed by atoms with Crippen LogP contribution in [-0.4, -0.2) is 26.5 Å². The Bertz CT molecular complexity index is 1360. The normalized spacial score (nSPS) is 11.5. The lowest BCUT2D eigenvalue weighted by atomic mass is 10.2. The van der Waals surface area contributed by atoms with Crippen molar-refractivity contribution in [1.29, 1.82) is 0 Å². The van der Waals surface area contributed by atoms with Gasteiger partial charge in [-0.3, -0.25) is 5.43 Å². The predicted molar refractivity (Wildman–Crippen MR) is 115 cm³/mol. The molecule has 0 atom stereocenters. The second-order valence-electron chi connectivity index (χ2n) is 6.14. The van der Waals surface area contributed by atoms with Gasteiger partial charge in [-0.05, 0) is 40.6 Å². The Hall–Kier alpha value is -3.69. The summed E-state index contributed by atoms with van der Waals surface area (Å²) >= 11 is 12.1. The number of hydrogen-bond acceptors (Lipinski definition) is 9. The quantitative estimate of drug-likeness (QED) is 0.281. The van der Waals surface area contributed by atoms with Gasteiger partial charge in [0.05, 0.1) is 16.3 Å². The minimum atomic E-state index is 0.233. The van der Waals surface area contributed by atoms with E-state index in [-0.39, 0.29) is 11.3 Å². The molecule has 11 heteroatoms. The summed E-state index contributed by atoms with van der Waals surface area (Å²) in [5.41, 5.74) is 4.74. The van der Waals surface area contributed by atoms with Crippen molar-refractivity contribution in [2.75, 3.05) is 10.7 Å². The average molecular weight is 440 g/mol. The molecule has 30 heavy (non-hydrogen) atoms. The number of nitrogens with one attached hydrogen (secondary N) is 2. The largest absolute Gasteiger partial charge is 0.455 e. The molecule has 0 unspecified atom stereocenters. The molecule has 0 bridgehead atoms. The summed E-state index contributed by atoms with van der Waals surface area (Å²) < 4.78 is 10.4. The third-order valence-electron chi connectivity index (χ3n) is 4.10. The van der Waals surface area contributed by atoms with Crippen LogP contribution in [0.15, 0.2) is 62.7 Å². The summed E-state index contributed by atoms with van der Waals surface area (Å²) in [5.74, 6) is 1.23. The summed E-state index contributed by atoms with van der Waals surface area (Å²) in [5, 5.41) is 16.6. The van der Waals surface area contributed by atoms with E-state index in [4.69, 9.17) is 32.2 Å². The standard InChI is InChI=1S/C19H11Cl2N7O2/c20-13-6-5-11(8-14(13)21)23-16-17(25-19-18(24-16)27-30-28-19)26-22-9-12-7-10-3-1-2-4-15(10)29-12/h1-9H,(H,23,24,27)(H,25,26,28)/b22-9+. The third-order valence-corrected chi connectivity index (χ3v) is 4.84. The molecule has 0 saturated heterocycles. The van der Waals surface area contributed by atoms with Crippen LogP contribution < -0.4 is 10.7 Å². The number of aromatic nitrogens is 4. The van der Waals surface area contributed by atoms with Gasteiger partial charge in [-0.1, -0.05) is 41.4 Å². The molecule has 3 heterocycles. The van der Waals surface area contributed by atoms with E-state index < -0.39 is 0 Å². The fourth-order valence-electron chi connectivity index (χ4n) is 2.74. The highest BCUT2D eigenvalue weighted by Crippen LogP contribution is 2.29. The molecule has 0 radical (unpaired) electrons. The Labute approximate surface area is 178 Å². The van der Waals surface area contributed by atoms with Crippen molar-refractivity contribution in [2.24, 2.45) is 5.10 Å². The molecular weight excluding hydrogens is 429 g/mol. The Morgan fingerprint density at radius 1 is 0.900 bits per heavy atom. The van der Waals surface area contributed by atoms with Gasteiger partial charge in [0.25, 0.3) is 0 Å². The van der Waals surface area contributed by atoms with E-state index in [1.807, 2.05) is 30.3 Å². The highest BCUT2D eigenvalue weighted by Gasteiger charge is 2.13. The van der Waals surface area contributed by atoms with Crippen molar-refractivity contribution in [3.05, 3.63) is 64.3 Å². The van der Waals surface area contributed by atoms with E-state index in [0.29, 0.717) is 33.1 Å². The van der Waals surface area contributed by atoms with Crippen LogP contribution in [-0.2, 0) is 0 Å². The predicted octanol–water partition coefficient (Wildman–Crippen LogP) is 5.26. The van der Waals surface area contributed by atoms with Crippen molar-refractivity contribution in [1.82, 2.24) is 20.3 Å². The van der Waals surface area contributed by atoms with Crippen molar-refractivity contribution >= 4 is 69.0 Å². The number of furan rings is 1. The number of rotatable bonds is 5. The molecule has 0 aliphatic rings. The minimum Gasteiger partial charge on any atom is -0.455 e. The summed E-state index contributed by atoms with van der Waals surface area (Å²) in [4.78, 5) is 8.70. The number of anilines is 3. The first kappa shape index (κ1) is 18.3. The van der Waals surface area contributed by atoms with Gasteiger partial charge in [-0.25, -0.2) is 9.61 Å². The van der Waals surface area contributed by atoms with Gasteiger partial charge in [0.15, 0.2) is 11.6 Å². The number of nitrogens with zero attached hydrogens (tertiary/aromatic N) is 5. The van der Waals surface area contributed by atoms with Crippen molar-refractivity contribution in [3.8, 4) is 0 Å². The SMILES string of the molecule is Clc1ccc(Nc2nc3nonc3nc2N/N=C/c2cc3ccccc3o2)cc1Cl. The first-order valence-electron chi connectivity index (χ1n) is 8.66. The molecular formula is C19H11Cl2N7O2. The molecule has 0 aliphatic heterocycles. The highest BCUT2D eigenvalue weighted by molar-refractivity contribution is 6.42. The van der Waals surface area contributed by atoms with E-state index in [9.17, 15) is 0 Å². The van der Waals surface area contributed by atoms with Gasteiger partial charge in [0.2, 0.25) is 11.3 Å². The second kappa shape index (κ2) is 7.62. The molecule has 2 aromatic carbocycles. The van der Waals surface area contributed by atoms with E-state index in [0.717, 1.165) is 11.0 Å². The summed E-state index contributed by atoms with van der Waals surface area (Å²) in [7, 11) is 0. The maximum absolute atomic E-state index is 6.09. The first-order chi connectivity index (χ1) is 14.7. The number of halogens is 2. The maximum atomic E-state index is 6.09. The van der Waals surface area contributed by atoms with Crippen LogP contribution >= 0.6 is 23.2 Å². The van der Waals surface area contributed by atoms with Crippen molar-refractivity contribution in [3.63, 3.8) is 0 Å². The van der Waals surface area contributed by atoms with E-state index >= 15 is 0 Å². The van der Waals surface area contributed by atoms with Crippen LogP contribution in [0.25, 0.3) is 22.3 Å². The molecule has 0 spiro atoms. The zero-order valence-electron chi connectivity index (χ0n) is 15.0. The molecule has 9 nitrogen and oxygen atoms in total. The number of hydrazone groups is 1. The molecule has 5 rings (SSSR count). The lowest BCUT2D eigenvalue weighted by Gasteiger charge is -2.09. The molecule has 0 saturated carbocycles. The number of para-hydroxylation sites is 1. The monoisotopic (exact) mass is 439 g/mol. The molecule has 5 aromatic rings. The fourth-order valence-corrected chi connectivity index (χ4v) is 3.03. The van der Waals surface area contributed by atoms with Crippen LogP contribution in [0.2, 0.25) is 10.0 Å². The second-order valence-corrected chi connectivity index (χ2v) is 6.96. The topological polar surface area (TPSA) is 114 Å². The molecule has 2 N–H and O–H groups in total. The van der Waals surface area contributed by atoms with Crippen LogP contribution in [0.5, 0.6) is 0 Å². The maximum Gasteiger partial charge on any atom is 0.245 e. The van der Waals surface area contributed by atoms with Crippen LogP contribution in [0.3, 0.4) is 0 Å². The Kier molecular flexibility index (Phi) is 4.66. The van der Waals surface area contributed by atoms with Gasteiger partial charge in [-0.15, -0.1) is 0 Å². The van der Waals surface area contributed by atoms with E-state index in [1.54, 1.807) is 18.2 Å². The van der Waals surface area contributed by atoms with E-state index in [1.165, 1.54) is 6.21 Å². The lowest BCUT2D eigenvalue weighted by Crippen LogP contribution is -2.03. The van der Waals surface area contributed by atoms with Crippen LogP contribution in [0, 0.1) is 0 Å². The molecule has 0 amide bonds. The highest BCUT2D eigenvalue weighted by atomic mass is 35.5. The number of fused-ring (bicyclic) bond motifs is 2. The molecule has 148 valence electrons. The minimum absolute atomic E-state index is 0.233. The smallest absolute Gasteiger partial charge is 0.245 e. The summed E-state index contributed by atoms with van der Waals surface area (Å²) in [6, 6.07) is 14.7. The number of hydrogen-bond donors (Lipinski definition) is 2. The average Bonchev–Trinajstić information content (AvgIpc) is 3.36. The van der Waals surface area contributed by atoms with Crippen LogP contribution in [0.4, 0.5) is 17.3 Å². The Balaban J connectivity index is 1.44. The Morgan fingerprint density at radius 2 is 1.70 bits per heavy atom. The van der Waals surface area contributed by atoms with Crippen molar-refractivity contribution in [2.45, 2.75) is 0 Å². The summed E-state index contributed by atoms with van der Waals surface area (Å²) in [6.07, 6.45) is 1.54. The Morgan fingerprint density at radius 3 is 2.50 bits per heavy atom. The zero-order valence-corrected chi connectivity index (χ0v) is 16.5. The first-order valence-corrected chi connectivity index (χ1v) is 9.41. The van der Waals surface area contributed by atoms with Gasteiger partial charge in [-0.2, -0.15) is 10.1 Å². The van der Waals surface area contributed by atoms with Crippen LogP contribution in [0.1, 0.15) is 5.76 Å².